The Morgan fingerprint density at radius 2 is 1.93 bits per heavy atom. The van der Waals surface area contributed by atoms with E-state index in [1.54, 1.807) is 12.1 Å². The zero-order chi connectivity index (χ0) is 19.9. The van der Waals surface area contributed by atoms with Crippen LogP contribution in [0.25, 0.3) is 0 Å². The standard InChI is InChI=1S/C19H21F3N2O3/c20-19(21,22)14-5-3-6-16(10-14)27-12-15(25)11-24-18(26)9-8-13-4-1-2-7-17(13)23/h1-7,10,15,25H,8-9,11-12,23H2,(H,24,26). The number of anilines is 1. The number of aliphatic hydroxyl groups is 1. The molecule has 1 amide bonds. The summed E-state index contributed by atoms with van der Waals surface area (Å²) in [7, 11) is 0. The van der Waals surface area contributed by atoms with Crippen LogP contribution in [0.1, 0.15) is 17.5 Å². The first kappa shape index (κ1) is 20.6. The number of amides is 1. The van der Waals surface area contributed by atoms with Crippen molar-refractivity contribution in [1.29, 1.82) is 0 Å². The molecule has 146 valence electrons. The second-order valence-electron chi connectivity index (χ2n) is 5.99. The minimum atomic E-state index is -4.46. The van der Waals surface area contributed by atoms with Gasteiger partial charge in [-0.1, -0.05) is 24.3 Å². The highest BCUT2D eigenvalue weighted by Crippen LogP contribution is 2.31. The Hall–Kier alpha value is -2.74. The van der Waals surface area contributed by atoms with Gasteiger partial charge in [0.25, 0.3) is 0 Å². The Balaban J connectivity index is 1.72. The van der Waals surface area contributed by atoms with Crippen LogP contribution in [-0.2, 0) is 17.4 Å². The molecule has 27 heavy (non-hydrogen) atoms. The lowest BCUT2D eigenvalue weighted by atomic mass is 10.1. The summed E-state index contributed by atoms with van der Waals surface area (Å²) in [5, 5.41) is 12.4. The molecule has 0 saturated carbocycles. The predicted molar refractivity (Wildman–Crippen MR) is 95.1 cm³/mol. The Morgan fingerprint density at radius 3 is 2.63 bits per heavy atom. The number of nitrogens with two attached hydrogens (primary N) is 1. The fourth-order valence-electron chi connectivity index (χ4n) is 2.34. The van der Waals surface area contributed by atoms with Crippen molar-refractivity contribution in [1.82, 2.24) is 5.32 Å². The second kappa shape index (κ2) is 9.27. The molecule has 0 aliphatic carbocycles. The van der Waals surface area contributed by atoms with E-state index in [9.17, 15) is 23.1 Å². The SMILES string of the molecule is Nc1ccccc1CCC(=O)NCC(O)COc1cccc(C(F)(F)F)c1. The van der Waals surface area contributed by atoms with Crippen molar-refractivity contribution in [3.05, 3.63) is 59.7 Å². The largest absolute Gasteiger partial charge is 0.491 e. The molecular formula is C19H21F3N2O3. The van der Waals surface area contributed by atoms with Crippen LogP contribution >= 0.6 is 0 Å². The second-order valence-corrected chi connectivity index (χ2v) is 5.99. The average molecular weight is 382 g/mol. The summed E-state index contributed by atoms with van der Waals surface area (Å²) in [5.41, 5.74) is 6.45. The Bertz CT molecular complexity index is 766. The molecule has 1 unspecified atom stereocenters. The molecule has 0 spiro atoms. The molecule has 0 aliphatic rings. The van der Waals surface area contributed by atoms with Gasteiger partial charge in [0.15, 0.2) is 0 Å². The third-order valence-corrected chi connectivity index (χ3v) is 3.82. The lowest BCUT2D eigenvalue weighted by Crippen LogP contribution is -2.35. The van der Waals surface area contributed by atoms with Crippen molar-refractivity contribution < 1.29 is 27.8 Å². The molecule has 0 radical (unpaired) electrons. The van der Waals surface area contributed by atoms with Gasteiger partial charge in [-0.15, -0.1) is 0 Å². The monoisotopic (exact) mass is 382 g/mol. The van der Waals surface area contributed by atoms with Gasteiger partial charge in [0.1, 0.15) is 18.5 Å². The van der Waals surface area contributed by atoms with E-state index in [1.165, 1.54) is 12.1 Å². The number of aliphatic hydroxyl groups excluding tert-OH is 1. The van der Waals surface area contributed by atoms with Crippen LogP contribution in [0.4, 0.5) is 18.9 Å². The van der Waals surface area contributed by atoms with Crippen molar-refractivity contribution in [2.75, 3.05) is 18.9 Å². The molecule has 0 aliphatic heterocycles. The zero-order valence-corrected chi connectivity index (χ0v) is 14.5. The molecule has 0 fully saturated rings. The van der Waals surface area contributed by atoms with E-state index in [-0.39, 0.29) is 31.2 Å². The van der Waals surface area contributed by atoms with Gasteiger partial charge < -0.3 is 20.9 Å². The number of para-hydroxylation sites is 1. The topological polar surface area (TPSA) is 84.6 Å². The summed E-state index contributed by atoms with van der Waals surface area (Å²) < 4.78 is 43.1. The maximum atomic E-state index is 12.6. The smallest absolute Gasteiger partial charge is 0.416 e. The summed E-state index contributed by atoms with van der Waals surface area (Å²) in [6.07, 6.45) is -4.84. The fourth-order valence-corrected chi connectivity index (χ4v) is 2.34. The highest BCUT2D eigenvalue weighted by molar-refractivity contribution is 5.76. The summed E-state index contributed by atoms with van der Waals surface area (Å²) in [4.78, 5) is 11.8. The van der Waals surface area contributed by atoms with E-state index in [0.29, 0.717) is 12.1 Å². The number of hydrogen-bond acceptors (Lipinski definition) is 4. The Kier molecular flexibility index (Phi) is 7.06. The number of halogens is 3. The van der Waals surface area contributed by atoms with Gasteiger partial charge >= 0.3 is 6.18 Å². The van der Waals surface area contributed by atoms with Gasteiger partial charge in [-0.2, -0.15) is 13.2 Å². The summed E-state index contributed by atoms with van der Waals surface area (Å²) in [5.74, 6) is -0.272. The zero-order valence-electron chi connectivity index (χ0n) is 14.5. The highest BCUT2D eigenvalue weighted by Gasteiger charge is 2.30. The van der Waals surface area contributed by atoms with Crippen LogP contribution in [0.5, 0.6) is 5.75 Å². The van der Waals surface area contributed by atoms with Crippen molar-refractivity contribution in [3.8, 4) is 5.75 Å². The van der Waals surface area contributed by atoms with Crippen LogP contribution in [0.2, 0.25) is 0 Å². The Morgan fingerprint density at radius 1 is 1.19 bits per heavy atom. The van der Waals surface area contributed by atoms with Crippen molar-refractivity contribution in [2.45, 2.75) is 25.1 Å². The number of nitrogens with one attached hydrogen (secondary N) is 1. The van der Waals surface area contributed by atoms with Crippen LogP contribution in [0.3, 0.4) is 0 Å². The lowest BCUT2D eigenvalue weighted by Gasteiger charge is -2.14. The molecule has 2 aromatic carbocycles. The quantitative estimate of drug-likeness (QED) is 0.613. The minimum Gasteiger partial charge on any atom is -0.491 e. The predicted octanol–water partition coefficient (Wildman–Crippen LogP) is 2.78. The van der Waals surface area contributed by atoms with E-state index in [0.717, 1.165) is 17.7 Å². The van der Waals surface area contributed by atoms with Crippen LogP contribution in [-0.4, -0.2) is 30.3 Å². The highest BCUT2D eigenvalue weighted by atomic mass is 19.4. The number of alkyl halides is 3. The van der Waals surface area contributed by atoms with E-state index >= 15 is 0 Å². The van der Waals surface area contributed by atoms with Gasteiger partial charge in [-0.25, -0.2) is 0 Å². The number of nitrogen functional groups attached to an aromatic ring is 1. The molecule has 2 rings (SSSR count). The van der Waals surface area contributed by atoms with Gasteiger partial charge in [0.2, 0.25) is 5.91 Å². The first-order chi connectivity index (χ1) is 12.8. The average Bonchev–Trinajstić information content (AvgIpc) is 2.63. The number of rotatable bonds is 8. The first-order valence-electron chi connectivity index (χ1n) is 8.34. The number of benzene rings is 2. The number of carbonyl (C=O) groups is 1. The first-order valence-corrected chi connectivity index (χ1v) is 8.34. The van der Waals surface area contributed by atoms with E-state index in [2.05, 4.69) is 5.32 Å². The van der Waals surface area contributed by atoms with E-state index in [1.807, 2.05) is 12.1 Å². The van der Waals surface area contributed by atoms with Crippen LogP contribution in [0, 0.1) is 0 Å². The summed E-state index contributed by atoms with van der Waals surface area (Å²) in [6.45, 7) is -0.310. The number of hydrogen-bond donors (Lipinski definition) is 3. The number of ether oxygens (including phenoxy) is 1. The molecular weight excluding hydrogens is 361 g/mol. The van der Waals surface area contributed by atoms with E-state index in [4.69, 9.17) is 10.5 Å². The lowest BCUT2D eigenvalue weighted by molar-refractivity contribution is -0.137. The van der Waals surface area contributed by atoms with Gasteiger partial charge in [-0.3, -0.25) is 4.79 Å². The molecule has 0 bridgehead atoms. The third-order valence-electron chi connectivity index (χ3n) is 3.82. The van der Waals surface area contributed by atoms with Crippen molar-refractivity contribution in [3.63, 3.8) is 0 Å². The Labute approximate surface area is 154 Å². The fraction of sp³-hybridized carbons (Fsp3) is 0.316. The molecule has 0 aromatic heterocycles. The number of aryl methyl sites for hydroxylation is 1. The van der Waals surface area contributed by atoms with Crippen molar-refractivity contribution >= 4 is 11.6 Å². The molecule has 5 nitrogen and oxygen atoms in total. The molecule has 0 saturated heterocycles. The molecule has 1 atom stereocenters. The minimum absolute atomic E-state index is 0.00486. The maximum Gasteiger partial charge on any atom is 0.416 e. The summed E-state index contributed by atoms with van der Waals surface area (Å²) >= 11 is 0. The molecule has 4 N–H and O–H groups in total. The maximum absolute atomic E-state index is 12.6. The van der Waals surface area contributed by atoms with Crippen molar-refractivity contribution in [2.24, 2.45) is 0 Å². The van der Waals surface area contributed by atoms with E-state index < -0.39 is 17.8 Å². The summed E-state index contributed by atoms with van der Waals surface area (Å²) in [6, 6.07) is 11.6. The van der Waals surface area contributed by atoms with Crippen LogP contribution < -0.4 is 15.8 Å². The van der Waals surface area contributed by atoms with Gasteiger partial charge in [-0.05, 0) is 36.2 Å². The molecule has 2 aromatic rings. The molecule has 0 heterocycles. The number of carbonyl (C=O) groups excluding carboxylic acids is 1. The van der Waals surface area contributed by atoms with Crippen LogP contribution in [0.15, 0.2) is 48.5 Å². The third kappa shape index (κ3) is 6.82. The van der Waals surface area contributed by atoms with Gasteiger partial charge in [0.05, 0.1) is 5.56 Å². The molecule has 8 heteroatoms. The normalized spacial score (nSPS) is 12.4. The van der Waals surface area contributed by atoms with Gasteiger partial charge in [0, 0.05) is 18.7 Å².